The number of benzene rings is 3. The molecule has 0 amide bonds. The van der Waals surface area contributed by atoms with Crippen molar-refractivity contribution in [3.8, 4) is 5.75 Å². The molecule has 3 aromatic rings. The second kappa shape index (κ2) is 10.6. The van der Waals surface area contributed by atoms with Crippen molar-refractivity contribution in [1.29, 1.82) is 0 Å². The average Bonchev–Trinajstić information content (AvgIpc) is 3.21. The summed E-state index contributed by atoms with van der Waals surface area (Å²) in [4.78, 5) is 19.3. The maximum Gasteiger partial charge on any atom is 0.335 e. The van der Waals surface area contributed by atoms with Gasteiger partial charge in [-0.15, -0.1) is 0 Å². The number of hydrogen-bond donors (Lipinski definition) is 3. The Hall–Kier alpha value is -3.38. The maximum atomic E-state index is 11.0. The van der Waals surface area contributed by atoms with E-state index in [4.69, 9.17) is 19.7 Å². The van der Waals surface area contributed by atoms with Gasteiger partial charge >= 0.3 is 5.97 Å². The molecule has 1 fully saturated rings. The van der Waals surface area contributed by atoms with Crippen LogP contribution in [0.25, 0.3) is 10.8 Å². The molecule has 31 heavy (non-hydrogen) atoms. The minimum absolute atomic E-state index is 0.160. The molecular weight excluding hydrogens is 394 g/mol. The predicted octanol–water partition coefficient (Wildman–Crippen LogP) is 4.89. The summed E-state index contributed by atoms with van der Waals surface area (Å²) in [6.45, 7) is 1.97. The zero-order chi connectivity index (χ0) is 22.2. The van der Waals surface area contributed by atoms with E-state index in [1.54, 1.807) is 24.3 Å². The first kappa shape index (κ1) is 22.3. The number of rotatable bonds is 6. The highest BCUT2D eigenvalue weighted by molar-refractivity contribution is 5.87. The van der Waals surface area contributed by atoms with Crippen LogP contribution in [0.5, 0.6) is 5.75 Å². The van der Waals surface area contributed by atoms with Gasteiger partial charge in [-0.05, 0) is 66.8 Å². The lowest BCUT2D eigenvalue weighted by atomic mass is 9.99. The average molecular weight is 421 g/mol. The summed E-state index contributed by atoms with van der Waals surface area (Å²) in [6.07, 6.45) is 3.19. The van der Waals surface area contributed by atoms with Gasteiger partial charge in [-0.1, -0.05) is 42.5 Å². The molecule has 3 N–H and O–H groups in total. The molecule has 0 spiro atoms. The third kappa shape index (κ3) is 5.83. The molecule has 0 aromatic heterocycles. The van der Waals surface area contributed by atoms with E-state index in [9.17, 15) is 4.79 Å². The van der Waals surface area contributed by atoms with Crippen molar-refractivity contribution in [2.24, 2.45) is 0 Å². The first-order valence-electron chi connectivity index (χ1n) is 10.3. The normalized spacial score (nSPS) is 18.6. The van der Waals surface area contributed by atoms with Crippen LogP contribution >= 0.6 is 0 Å². The predicted molar refractivity (Wildman–Crippen MR) is 120 cm³/mol. The van der Waals surface area contributed by atoms with Crippen molar-refractivity contribution < 1.29 is 24.5 Å². The van der Waals surface area contributed by atoms with Gasteiger partial charge in [0.25, 0.3) is 6.47 Å². The number of hydrogen-bond acceptors (Lipinski definition) is 4. The Morgan fingerprint density at radius 3 is 2.45 bits per heavy atom. The van der Waals surface area contributed by atoms with Gasteiger partial charge in [0.2, 0.25) is 0 Å². The maximum absolute atomic E-state index is 11.0. The van der Waals surface area contributed by atoms with Gasteiger partial charge < -0.3 is 20.3 Å². The summed E-state index contributed by atoms with van der Waals surface area (Å²) < 4.78 is 6.06. The first-order chi connectivity index (χ1) is 15.0. The standard InChI is InChI=1S/C24H25NO3.CH2O2/c1-16(22-8-4-6-17-5-2-3-7-23(17)22)25-19-11-14-21(15-19)28-20-12-9-18(10-13-20)24(26)27;2-1-3/h2-10,12-13,16,19,21,25H,11,14-15H2,1H3,(H,26,27);1H,(H,2,3)/t16-,19?,21-;/m1./s1. The second-order valence-electron chi connectivity index (χ2n) is 7.64. The molecule has 1 aliphatic carbocycles. The topological polar surface area (TPSA) is 95.9 Å². The van der Waals surface area contributed by atoms with Crippen molar-refractivity contribution in [2.45, 2.75) is 44.4 Å². The second-order valence-corrected chi connectivity index (χ2v) is 7.64. The molecule has 3 aromatic carbocycles. The van der Waals surface area contributed by atoms with E-state index in [2.05, 4.69) is 54.7 Å². The van der Waals surface area contributed by atoms with Gasteiger partial charge in [0.05, 0.1) is 5.56 Å². The summed E-state index contributed by atoms with van der Waals surface area (Å²) in [5.41, 5.74) is 1.61. The molecule has 1 saturated carbocycles. The van der Waals surface area contributed by atoms with Crippen LogP contribution in [-0.4, -0.2) is 34.8 Å². The third-order valence-corrected chi connectivity index (χ3v) is 5.56. The van der Waals surface area contributed by atoms with Gasteiger partial charge in [-0.2, -0.15) is 0 Å². The Labute approximate surface area is 181 Å². The van der Waals surface area contributed by atoms with Crippen LogP contribution in [0.3, 0.4) is 0 Å². The van der Waals surface area contributed by atoms with Gasteiger partial charge in [-0.3, -0.25) is 4.79 Å². The summed E-state index contributed by atoms with van der Waals surface area (Å²) in [5.74, 6) is -0.183. The number of nitrogens with one attached hydrogen (secondary N) is 1. The molecule has 0 saturated heterocycles. The summed E-state index contributed by atoms with van der Waals surface area (Å²) >= 11 is 0. The highest BCUT2D eigenvalue weighted by Gasteiger charge is 2.27. The van der Waals surface area contributed by atoms with Crippen molar-refractivity contribution in [3.63, 3.8) is 0 Å². The molecular formula is C25H27NO5. The number of fused-ring (bicyclic) bond motifs is 1. The summed E-state index contributed by atoms with van der Waals surface area (Å²) in [5, 5.41) is 22.2. The van der Waals surface area contributed by atoms with Crippen molar-refractivity contribution >= 4 is 23.2 Å². The zero-order valence-electron chi connectivity index (χ0n) is 17.4. The Morgan fingerprint density at radius 1 is 1.06 bits per heavy atom. The first-order valence-corrected chi connectivity index (χ1v) is 10.3. The van der Waals surface area contributed by atoms with E-state index in [0.29, 0.717) is 6.04 Å². The van der Waals surface area contributed by atoms with Crippen molar-refractivity contribution in [1.82, 2.24) is 5.32 Å². The zero-order valence-corrected chi connectivity index (χ0v) is 17.4. The molecule has 6 heteroatoms. The molecule has 3 atom stereocenters. The molecule has 1 aliphatic rings. The Morgan fingerprint density at radius 2 is 1.74 bits per heavy atom. The minimum Gasteiger partial charge on any atom is -0.490 e. The van der Waals surface area contributed by atoms with Gasteiger partial charge in [0.15, 0.2) is 0 Å². The van der Waals surface area contributed by atoms with E-state index in [0.717, 1.165) is 25.0 Å². The van der Waals surface area contributed by atoms with Crippen LogP contribution in [0, 0.1) is 0 Å². The minimum atomic E-state index is -0.917. The van der Waals surface area contributed by atoms with Crippen LogP contribution in [0.2, 0.25) is 0 Å². The largest absolute Gasteiger partial charge is 0.490 e. The Balaban J connectivity index is 0.000000858. The number of aromatic carboxylic acids is 1. The quantitative estimate of drug-likeness (QED) is 0.491. The molecule has 1 unspecified atom stereocenters. The number of carboxylic acids is 1. The summed E-state index contributed by atoms with van der Waals surface area (Å²) in [7, 11) is 0. The lowest BCUT2D eigenvalue weighted by Crippen LogP contribution is -2.30. The third-order valence-electron chi connectivity index (χ3n) is 5.56. The Kier molecular flexibility index (Phi) is 7.62. The van der Waals surface area contributed by atoms with E-state index < -0.39 is 5.97 Å². The van der Waals surface area contributed by atoms with Crippen LogP contribution in [-0.2, 0) is 4.79 Å². The van der Waals surface area contributed by atoms with Gasteiger partial charge in [0.1, 0.15) is 11.9 Å². The molecule has 0 bridgehead atoms. The smallest absolute Gasteiger partial charge is 0.335 e. The van der Waals surface area contributed by atoms with Gasteiger partial charge in [0, 0.05) is 12.1 Å². The fourth-order valence-corrected chi connectivity index (χ4v) is 4.14. The molecule has 0 heterocycles. The fourth-order valence-electron chi connectivity index (χ4n) is 4.14. The molecule has 162 valence electrons. The summed E-state index contributed by atoms with van der Waals surface area (Å²) in [6, 6.07) is 22.3. The van der Waals surface area contributed by atoms with E-state index >= 15 is 0 Å². The monoisotopic (exact) mass is 421 g/mol. The number of carbonyl (C=O) groups is 2. The number of ether oxygens (including phenoxy) is 1. The molecule has 0 aliphatic heterocycles. The van der Waals surface area contributed by atoms with Crippen LogP contribution in [0.1, 0.15) is 48.1 Å². The van der Waals surface area contributed by atoms with E-state index in [1.165, 1.54) is 16.3 Å². The van der Waals surface area contributed by atoms with Crippen LogP contribution in [0.15, 0.2) is 66.7 Å². The van der Waals surface area contributed by atoms with E-state index in [1.807, 2.05) is 0 Å². The lowest BCUT2D eigenvalue weighted by molar-refractivity contribution is -0.122. The van der Waals surface area contributed by atoms with Gasteiger partial charge in [-0.25, -0.2) is 4.79 Å². The SMILES string of the molecule is C[C@@H](NC1CC[C@@H](Oc2ccc(C(=O)O)cc2)C1)c1cccc2ccccc12.O=CO. The molecule has 6 nitrogen and oxygen atoms in total. The van der Waals surface area contributed by atoms with Crippen molar-refractivity contribution in [2.75, 3.05) is 0 Å². The lowest BCUT2D eigenvalue weighted by Gasteiger charge is -2.21. The van der Waals surface area contributed by atoms with E-state index in [-0.39, 0.29) is 24.2 Å². The van der Waals surface area contributed by atoms with Crippen molar-refractivity contribution in [3.05, 3.63) is 77.9 Å². The van der Waals surface area contributed by atoms with Crippen LogP contribution in [0.4, 0.5) is 0 Å². The molecule has 4 rings (SSSR count). The highest BCUT2D eigenvalue weighted by Crippen LogP contribution is 2.29. The Bertz CT molecular complexity index is 1010. The fraction of sp³-hybridized carbons (Fsp3) is 0.280. The molecule has 0 radical (unpaired) electrons. The van der Waals surface area contributed by atoms with Crippen LogP contribution < -0.4 is 10.1 Å². The highest BCUT2D eigenvalue weighted by atomic mass is 16.5. The number of carboxylic acid groups (broad SMARTS) is 2.